The quantitative estimate of drug-likeness (QED) is 0.274. The van der Waals surface area contributed by atoms with Crippen LogP contribution in [0.2, 0.25) is 10.0 Å². The lowest BCUT2D eigenvalue weighted by Crippen LogP contribution is -2.41. The maximum atomic E-state index is 12.6. The van der Waals surface area contributed by atoms with E-state index in [1.165, 1.54) is 0 Å². The maximum absolute atomic E-state index is 12.6. The van der Waals surface area contributed by atoms with E-state index in [1.54, 1.807) is 18.2 Å². The summed E-state index contributed by atoms with van der Waals surface area (Å²) in [6.07, 6.45) is -0.171. The molecule has 35 heavy (non-hydrogen) atoms. The monoisotopic (exact) mass is 520 g/mol. The van der Waals surface area contributed by atoms with Crippen molar-refractivity contribution < 1.29 is 24.6 Å². The van der Waals surface area contributed by atoms with Crippen LogP contribution in [0.3, 0.4) is 0 Å². The standard InChI is InChI=1S/C24H26Cl2N4O5/c1-14(2)13-35-24(33)22(31)11-18(27-23(32)21-12-30(34)29-28-21)9-15-3-5-16(6-4-15)19-10-17(25)7-8-20(19)26/h3-8,10,12,14,18,22,31,34H,9,11,13H2,1-2H3,(H,27,32)/t18-,22-/m1/s1. The molecule has 3 rings (SSSR count). The number of benzene rings is 2. The zero-order valence-corrected chi connectivity index (χ0v) is 20.7. The third-order valence-corrected chi connectivity index (χ3v) is 5.63. The topological polar surface area (TPSA) is 127 Å². The van der Waals surface area contributed by atoms with Gasteiger partial charge in [0.05, 0.1) is 12.8 Å². The Labute approximate surface area is 212 Å². The van der Waals surface area contributed by atoms with Crippen LogP contribution in [0, 0.1) is 5.92 Å². The molecule has 1 aromatic heterocycles. The highest BCUT2D eigenvalue weighted by molar-refractivity contribution is 6.35. The zero-order valence-electron chi connectivity index (χ0n) is 19.2. The van der Waals surface area contributed by atoms with Gasteiger partial charge in [-0.15, -0.1) is 5.10 Å². The van der Waals surface area contributed by atoms with Gasteiger partial charge in [0.25, 0.3) is 5.91 Å². The molecule has 0 aliphatic heterocycles. The fraction of sp³-hybridized carbons (Fsp3) is 0.333. The first-order valence-corrected chi connectivity index (χ1v) is 11.7. The molecule has 2 aromatic carbocycles. The number of nitrogens with zero attached hydrogens (tertiary/aromatic N) is 3. The molecule has 3 aromatic rings. The van der Waals surface area contributed by atoms with Gasteiger partial charge in [0.15, 0.2) is 11.8 Å². The lowest BCUT2D eigenvalue weighted by Gasteiger charge is -2.21. The van der Waals surface area contributed by atoms with Gasteiger partial charge in [-0.1, -0.05) is 66.2 Å². The van der Waals surface area contributed by atoms with Gasteiger partial charge in [-0.25, -0.2) is 4.79 Å². The molecule has 0 radical (unpaired) electrons. The van der Waals surface area contributed by atoms with Crippen LogP contribution in [-0.2, 0) is 16.0 Å². The summed E-state index contributed by atoms with van der Waals surface area (Å²) in [6.45, 7) is 3.95. The van der Waals surface area contributed by atoms with Crippen LogP contribution in [0.15, 0.2) is 48.7 Å². The second kappa shape index (κ2) is 12.0. The number of nitrogens with one attached hydrogen (secondary N) is 1. The average Bonchev–Trinajstić information content (AvgIpc) is 3.26. The number of carbonyl (C=O) groups excluding carboxylic acids is 2. The summed E-state index contributed by atoms with van der Waals surface area (Å²) in [7, 11) is 0. The molecule has 0 bridgehead atoms. The van der Waals surface area contributed by atoms with Crippen molar-refractivity contribution in [3.05, 3.63) is 70.0 Å². The fourth-order valence-corrected chi connectivity index (χ4v) is 3.74. The Hall–Kier alpha value is -3.14. The van der Waals surface area contributed by atoms with E-state index in [2.05, 4.69) is 15.6 Å². The molecule has 1 amide bonds. The Morgan fingerprint density at radius 3 is 2.49 bits per heavy atom. The number of carbonyl (C=O) groups is 2. The number of amides is 1. The van der Waals surface area contributed by atoms with Crippen LogP contribution >= 0.6 is 23.2 Å². The van der Waals surface area contributed by atoms with Crippen molar-refractivity contribution in [2.75, 3.05) is 6.61 Å². The second-order valence-corrected chi connectivity index (χ2v) is 9.34. The summed E-state index contributed by atoms with van der Waals surface area (Å²) in [5, 5.41) is 30.4. The van der Waals surface area contributed by atoms with Gasteiger partial charge in [-0.2, -0.15) is 0 Å². The van der Waals surface area contributed by atoms with E-state index in [1.807, 2.05) is 38.1 Å². The van der Waals surface area contributed by atoms with Gasteiger partial charge in [0.1, 0.15) is 0 Å². The lowest BCUT2D eigenvalue weighted by atomic mass is 9.97. The van der Waals surface area contributed by atoms with Gasteiger partial charge in [-0.3, -0.25) is 4.79 Å². The number of ether oxygens (including phenoxy) is 1. The molecule has 11 heteroatoms. The Morgan fingerprint density at radius 1 is 1.14 bits per heavy atom. The predicted octanol–water partition coefficient (Wildman–Crippen LogP) is 3.78. The number of hydrogen-bond donors (Lipinski definition) is 3. The first-order valence-electron chi connectivity index (χ1n) is 10.9. The van der Waals surface area contributed by atoms with E-state index in [-0.39, 0.29) is 24.6 Å². The van der Waals surface area contributed by atoms with Crippen molar-refractivity contribution >= 4 is 35.1 Å². The Kier molecular flexibility index (Phi) is 9.08. The summed E-state index contributed by atoms with van der Waals surface area (Å²) < 4.78 is 5.11. The summed E-state index contributed by atoms with van der Waals surface area (Å²) in [4.78, 5) is 25.2. The third-order valence-electron chi connectivity index (χ3n) is 5.06. The molecule has 0 fully saturated rings. The minimum Gasteiger partial charge on any atom is -0.464 e. The SMILES string of the molecule is CC(C)COC(=O)[C@H](O)C[C@@H](Cc1ccc(-c2cc(Cl)ccc2Cl)cc1)NC(=O)c1cn(O)nn1. The van der Waals surface area contributed by atoms with Crippen molar-refractivity contribution in [3.63, 3.8) is 0 Å². The number of rotatable bonds is 10. The molecular formula is C24H26Cl2N4O5. The molecule has 0 unspecified atom stereocenters. The van der Waals surface area contributed by atoms with Gasteiger partial charge >= 0.3 is 5.97 Å². The average molecular weight is 521 g/mol. The van der Waals surface area contributed by atoms with Crippen LogP contribution in [0.5, 0.6) is 0 Å². The van der Waals surface area contributed by atoms with Gasteiger partial charge < -0.3 is 20.4 Å². The number of aliphatic hydroxyl groups excluding tert-OH is 1. The molecular weight excluding hydrogens is 495 g/mol. The molecule has 1 heterocycles. The van der Waals surface area contributed by atoms with E-state index in [9.17, 15) is 19.9 Å². The van der Waals surface area contributed by atoms with Crippen LogP contribution in [-0.4, -0.2) is 56.1 Å². The van der Waals surface area contributed by atoms with Crippen LogP contribution in [0.1, 0.15) is 36.3 Å². The highest BCUT2D eigenvalue weighted by Gasteiger charge is 2.25. The molecule has 0 saturated carbocycles. The summed E-state index contributed by atoms with van der Waals surface area (Å²) in [5.74, 6) is -1.25. The molecule has 0 saturated heterocycles. The number of halogens is 2. The molecule has 3 N–H and O–H groups in total. The Morgan fingerprint density at radius 2 is 1.86 bits per heavy atom. The minimum absolute atomic E-state index is 0.0855. The third kappa shape index (κ3) is 7.68. The van der Waals surface area contributed by atoms with E-state index in [0.29, 0.717) is 21.3 Å². The number of aliphatic hydroxyl groups is 1. The Bertz CT molecular complexity index is 1170. The van der Waals surface area contributed by atoms with Crippen molar-refractivity contribution in [3.8, 4) is 11.1 Å². The zero-order chi connectivity index (χ0) is 25.5. The van der Waals surface area contributed by atoms with Gasteiger partial charge in [-0.05, 0) is 46.9 Å². The van der Waals surface area contributed by atoms with Gasteiger partial charge in [0.2, 0.25) is 0 Å². The van der Waals surface area contributed by atoms with Crippen LogP contribution < -0.4 is 5.32 Å². The number of esters is 1. The normalized spacial score (nSPS) is 12.9. The van der Waals surface area contributed by atoms with Crippen molar-refractivity contribution in [2.45, 2.75) is 38.8 Å². The van der Waals surface area contributed by atoms with Crippen molar-refractivity contribution in [1.29, 1.82) is 0 Å². The van der Waals surface area contributed by atoms with Crippen LogP contribution in [0.25, 0.3) is 11.1 Å². The molecule has 0 aliphatic carbocycles. The molecule has 0 spiro atoms. The van der Waals surface area contributed by atoms with E-state index in [4.69, 9.17) is 27.9 Å². The summed E-state index contributed by atoms with van der Waals surface area (Å²) in [5.41, 5.74) is 2.37. The summed E-state index contributed by atoms with van der Waals surface area (Å²) >= 11 is 12.4. The largest absolute Gasteiger partial charge is 0.464 e. The fourth-order valence-electron chi connectivity index (χ4n) is 3.35. The molecule has 9 nitrogen and oxygen atoms in total. The summed E-state index contributed by atoms with van der Waals surface area (Å²) in [6, 6.07) is 12.0. The highest BCUT2D eigenvalue weighted by Crippen LogP contribution is 2.30. The van der Waals surface area contributed by atoms with E-state index < -0.39 is 24.0 Å². The Balaban J connectivity index is 1.75. The van der Waals surface area contributed by atoms with E-state index >= 15 is 0 Å². The molecule has 0 aliphatic rings. The first kappa shape index (κ1) is 26.5. The molecule has 2 atom stereocenters. The lowest BCUT2D eigenvalue weighted by molar-refractivity contribution is -0.155. The minimum atomic E-state index is -1.43. The number of aromatic nitrogens is 3. The smallest absolute Gasteiger partial charge is 0.335 e. The van der Waals surface area contributed by atoms with Crippen molar-refractivity contribution in [2.24, 2.45) is 5.92 Å². The predicted molar refractivity (Wildman–Crippen MR) is 130 cm³/mol. The maximum Gasteiger partial charge on any atom is 0.335 e. The second-order valence-electron chi connectivity index (χ2n) is 8.50. The first-order chi connectivity index (χ1) is 16.6. The van der Waals surface area contributed by atoms with Crippen LogP contribution in [0.4, 0.5) is 0 Å². The number of hydrogen-bond acceptors (Lipinski definition) is 7. The molecule has 186 valence electrons. The van der Waals surface area contributed by atoms with Gasteiger partial charge in [0, 0.05) is 28.1 Å². The highest BCUT2D eigenvalue weighted by atomic mass is 35.5. The van der Waals surface area contributed by atoms with E-state index in [0.717, 1.165) is 22.9 Å². The van der Waals surface area contributed by atoms with Crippen molar-refractivity contribution in [1.82, 2.24) is 20.5 Å².